The summed E-state index contributed by atoms with van der Waals surface area (Å²) >= 11 is 7.93. The molecular weight excluding hydrogens is 570 g/mol. The number of nitrogens with zero attached hydrogens (tertiary/aromatic N) is 4. The minimum Gasteiger partial charge on any atom is -0.872 e. The van der Waals surface area contributed by atoms with Gasteiger partial charge in [0, 0.05) is 12.4 Å². The van der Waals surface area contributed by atoms with Gasteiger partial charge in [0.2, 0.25) is 0 Å². The summed E-state index contributed by atoms with van der Waals surface area (Å²) in [4.78, 5) is 0. The molecule has 0 aliphatic rings. The summed E-state index contributed by atoms with van der Waals surface area (Å²) in [7, 11) is 6.41. The first-order chi connectivity index (χ1) is 15.3. The van der Waals surface area contributed by atoms with Crippen LogP contribution in [0.25, 0.3) is 10.9 Å². The molecule has 0 atom stereocenters. The smallest absolute Gasteiger partial charge is 0.872 e. The first-order valence-corrected chi connectivity index (χ1v) is 9.89. The van der Waals surface area contributed by atoms with E-state index in [-0.39, 0.29) is 44.5 Å². The number of rotatable bonds is 6. The largest absolute Gasteiger partial charge is 2.00 e. The van der Waals surface area contributed by atoms with E-state index >= 15 is 0 Å². The maximum Gasteiger partial charge on any atom is 2.00 e. The van der Waals surface area contributed by atoms with Crippen LogP contribution in [0.2, 0.25) is 0 Å². The molecule has 188 valence electrons. The van der Waals surface area contributed by atoms with Crippen LogP contribution in [-0.2, 0) is 57.4 Å². The first kappa shape index (κ1) is 33.8. The van der Waals surface area contributed by atoms with E-state index in [1.807, 2.05) is 0 Å². The van der Waals surface area contributed by atoms with Crippen LogP contribution in [0.3, 0.4) is 0 Å². The standard InChI is InChI=1S/2C10H13N3O2S.2Ni/c2*1-11-10(16)13-12-6-7-5-8(15-2)3-4-9(7)14;;/h2*3-6H,1-2H3,(H3,11,12,13,14,16);;/q;;2*+2/p-2. The minimum absolute atomic E-state index is 0. The summed E-state index contributed by atoms with van der Waals surface area (Å²) in [6.45, 7) is 0. The fourth-order valence-corrected chi connectivity index (χ4v) is 2.00. The molecule has 0 amide bonds. The third-order valence-electron chi connectivity index (χ3n) is 3.58. The zero-order valence-corrected chi connectivity index (χ0v) is 22.3. The van der Waals surface area contributed by atoms with Crippen molar-refractivity contribution in [3.05, 3.63) is 58.4 Å². The van der Waals surface area contributed by atoms with E-state index in [2.05, 4.69) is 56.1 Å². The van der Waals surface area contributed by atoms with Gasteiger partial charge in [0.1, 0.15) is 11.5 Å². The number of thiol groups is 2. The molecule has 2 aromatic rings. The van der Waals surface area contributed by atoms with Gasteiger partial charge < -0.3 is 40.7 Å². The predicted octanol–water partition coefficient (Wildman–Crippen LogP) is 0.120. The maximum absolute atomic E-state index is 11.4. The molecule has 0 aliphatic heterocycles. The molecule has 0 aromatic heterocycles. The van der Waals surface area contributed by atoms with Crippen LogP contribution in [0.5, 0.6) is 23.0 Å². The zero-order valence-electron chi connectivity index (χ0n) is 18.6. The molecule has 2 N–H and O–H groups in total. The van der Waals surface area contributed by atoms with Crippen molar-refractivity contribution in [1.82, 2.24) is 10.6 Å². The second kappa shape index (κ2) is 19.0. The zero-order chi connectivity index (χ0) is 23.9. The molecule has 34 heavy (non-hydrogen) atoms. The van der Waals surface area contributed by atoms with E-state index in [1.54, 1.807) is 38.4 Å². The first-order valence-electron chi connectivity index (χ1n) is 9.00. The SMILES string of the molecule is CNC(=[SH+])[N-]N=Cc1cc(OC)ccc1[O-].CNC(=[SH+])[N-]N=Cc1cc(OC)ccc1[O-].[Ni+2].[Ni+2]. The Bertz CT molecular complexity index is 903. The minimum atomic E-state index is -0.134. The van der Waals surface area contributed by atoms with Crippen molar-refractivity contribution in [2.75, 3.05) is 28.3 Å². The molecule has 0 unspecified atom stereocenters. The topological polar surface area (TPSA) is 142 Å². The molecule has 14 heteroatoms. The van der Waals surface area contributed by atoms with Gasteiger partial charge in [-0.05, 0) is 49.5 Å². The van der Waals surface area contributed by atoms with Gasteiger partial charge in [-0.25, -0.2) is 0 Å². The van der Waals surface area contributed by atoms with Gasteiger partial charge in [-0.15, -0.1) is 0 Å². The van der Waals surface area contributed by atoms with Gasteiger partial charge in [0.15, 0.2) is 34.7 Å². The van der Waals surface area contributed by atoms with Crippen molar-refractivity contribution in [3.63, 3.8) is 0 Å². The Labute approximate surface area is 229 Å². The molecule has 2 aromatic carbocycles. The summed E-state index contributed by atoms with van der Waals surface area (Å²) in [5, 5.41) is 36.3. The van der Waals surface area contributed by atoms with Crippen molar-refractivity contribution in [2.24, 2.45) is 10.2 Å². The van der Waals surface area contributed by atoms with Crippen LogP contribution < -0.4 is 30.3 Å². The molecule has 0 radical (unpaired) electrons. The van der Waals surface area contributed by atoms with Gasteiger partial charge >= 0.3 is 33.0 Å². The van der Waals surface area contributed by atoms with Gasteiger partial charge in [-0.1, -0.05) is 23.6 Å². The summed E-state index contributed by atoms with van der Waals surface area (Å²) in [6, 6.07) is 9.23. The second-order valence-electron chi connectivity index (χ2n) is 5.64. The van der Waals surface area contributed by atoms with Gasteiger partial charge in [-0.2, -0.15) is 0 Å². The molecule has 0 bridgehead atoms. The summed E-state index contributed by atoms with van der Waals surface area (Å²) in [6.07, 6.45) is 2.72. The molecule has 0 aliphatic carbocycles. The van der Waals surface area contributed by atoms with E-state index in [1.165, 1.54) is 38.8 Å². The molecule has 10 nitrogen and oxygen atoms in total. The molecular formula is C20H24N6Ni2O4S2+2. The summed E-state index contributed by atoms with van der Waals surface area (Å²) < 4.78 is 9.99. The van der Waals surface area contributed by atoms with Gasteiger partial charge in [-0.3, -0.25) is 10.6 Å². The third-order valence-corrected chi connectivity index (χ3v) is 4.21. The number of hydrogen-bond donors (Lipinski definition) is 2. The van der Waals surface area contributed by atoms with Crippen molar-refractivity contribution >= 4 is 47.1 Å². The Kier molecular flexibility index (Phi) is 18.9. The van der Waals surface area contributed by atoms with E-state index in [4.69, 9.17) is 9.47 Å². The molecule has 0 fully saturated rings. The fraction of sp³-hybridized carbons (Fsp3) is 0.200. The Morgan fingerprint density at radius 1 is 0.794 bits per heavy atom. The Morgan fingerprint density at radius 2 is 1.15 bits per heavy atom. The van der Waals surface area contributed by atoms with E-state index in [0.29, 0.717) is 32.9 Å². The molecule has 0 heterocycles. The average molecular weight is 594 g/mol. The van der Waals surface area contributed by atoms with Gasteiger partial charge in [0.05, 0.1) is 14.2 Å². The van der Waals surface area contributed by atoms with Gasteiger partial charge in [0.25, 0.3) is 0 Å². The van der Waals surface area contributed by atoms with E-state index < -0.39 is 0 Å². The Morgan fingerprint density at radius 3 is 1.44 bits per heavy atom. The van der Waals surface area contributed by atoms with Crippen LogP contribution in [0.4, 0.5) is 0 Å². The van der Waals surface area contributed by atoms with Crippen LogP contribution in [0, 0.1) is 0 Å². The quantitative estimate of drug-likeness (QED) is 0.122. The number of hydrogen-bond acceptors (Lipinski definition) is 6. The van der Waals surface area contributed by atoms with Crippen molar-refractivity contribution < 1.29 is 52.7 Å². The second-order valence-corrected chi connectivity index (χ2v) is 6.49. The molecule has 0 spiro atoms. The average Bonchev–Trinajstić information content (AvgIpc) is 2.81. The van der Waals surface area contributed by atoms with E-state index in [0.717, 1.165) is 0 Å². The molecule has 0 saturated carbocycles. The van der Waals surface area contributed by atoms with E-state index in [9.17, 15) is 10.2 Å². The predicted molar refractivity (Wildman–Crippen MR) is 132 cm³/mol. The van der Waals surface area contributed by atoms with Crippen LogP contribution >= 0.6 is 0 Å². The normalized spacial score (nSPS) is 9.76. The summed E-state index contributed by atoms with van der Waals surface area (Å²) in [5.41, 5.74) is 8.22. The third kappa shape index (κ3) is 12.8. The van der Waals surface area contributed by atoms with Crippen molar-refractivity contribution in [1.29, 1.82) is 0 Å². The number of benzene rings is 2. The number of ether oxygens (including phenoxy) is 2. The molecule has 2 rings (SSSR count). The molecule has 0 saturated heterocycles. The maximum atomic E-state index is 11.4. The van der Waals surface area contributed by atoms with Crippen molar-refractivity contribution in [3.8, 4) is 23.0 Å². The number of methoxy groups -OCH3 is 2. The van der Waals surface area contributed by atoms with Crippen LogP contribution in [-0.4, -0.2) is 51.0 Å². The fourth-order valence-electron chi connectivity index (χ4n) is 1.90. The van der Waals surface area contributed by atoms with Crippen LogP contribution in [0.1, 0.15) is 11.1 Å². The number of nitrogens with one attached hydrogen (secondary N) is 2. The van der Waals surface area contributed by atoms with Crippen LogP contribution in [0.15, 0.2) is 46.6 Å². The Balaban J connectivity index is 0. The van der Waals surface area contributed by atoms with Crippen molar-refractivity contribution in [2.45, 2.75) is 0 Å². The monoisotopic (exact) mass is 592 g/mol. The Hall–Kier alpha value is -2.33. The summed E-state index contributed by atoms with van der Waals surface area (Å²) in [5.74, 6) is 0.935.